The lowest BCUT2D eigenvalue weighted by atomic mass is 10.1. The number of carbonyl (C=O) groups excluding carboxylic acids is 1. The lowest BCUT2D eigenvalue weighted by Gasteiger charge is -2.23. The Balaban J connectivity index is 1.95. The summed E-state index contributed by atoms with van der Waals surface area (Å²) in [4.78, 5) is 12.0. The number of methoxy groups -OCH3 is 1. The molecule has 0 aliphatic carbocycles. The van der Waals surface area contributed by atoms with Gasteiger partial charge in [-0.15, -0.1) is 0 Å². The molecule has 1 amide bonds. The number of amides is 1. The Hall–Kier alpha value is -1.81. The maximum Gasteiger partial charge on any atom is 0.224 e. The van der Waals surface area contributed by atoms with E-state index in [1.165, 1.54) is 0 Å². The lowest BCUT2D eigenvalue weighted by molar-refractivity contribution is -0.121. The van der Waals surface area contributed by atoms with Gasteiger partial charge < -0.3 is 14.8 Å². The van der Waals surface area contributed by atoms with E-state index in [1.54, 1.807) is 13.2 Å². The van der Waals surface area contributed by atoms with Gasteiger partial charge in [-0.25, -0.2) is 0 Å². The van der Waals surface area contributed by atoms with E-state index >= 15 is 0 Å². The topological polar surface area (TPSA) is 47.6 Å². The molecule has 0 radical (unpaired) electrons. The summed E-state index contributed by atoms with van der Waals surface area (Å²) in [7, 11) is 1.62. The third-order valence-corrected chi connectivity index (χ3v) is 3.47. The average molecular weight is 275 g/mol. The van der Waals surface area contributed by atoms with Crippen LogP contribution in [0.25, 0.3) is 6.08 Å². The molecular formula is C16H21NO3. The molecule has 1 saturated heterocycles. The fourth-order valence-electron chi connectivity index (χ4n) is 2.36. The highest BCUT2D eigenvalue weighted by Gasteiger charge is 2.16. The number of nitrogens with one attached hydrogen (secondary N) is 1. The summed E-state index contributed by atoms with van der Waals surface area (Å²) >= 11 is 0. The SMILES string of the molecule is C=Cc1cc(CC(=O)NC2CCOCC2)ccc1OC. The summed E-state index contributed by atoms with van der Waals surface area (Å²) in [5.41, 5.74) is 1.87. The van der Waals surface area contributed by atoms with Crippen LogP contribution in [0.2, 0.25) is 0 Å². The number of rotatable bonds is 5. The standard InChI is InChI=1S/C16H21NO3/c1-3-13-10-12(4-5-15(13)19-2)11-16(18)17-14-6-8-20-9-7-14/h3-5,10,14H,1,6-9,11H2,2H3,(H,17,18). The van der Waals surface area contributed by atoms with Crippen LogP contribution in [0.5, 0.6) is 5.75 Å². The molecule has 1 N–H and O–H groups in total. The second kappa shape index (κ2) is 7.10. The van der Waals surface area contributed by atoms with Gasteiger partial charge >= 0.3 is 0 Å². The van der Waals surface area contributed by atoms with Gasteiger partial charge in [-0.05, 0) is 30.5 Å². The Morgan fingerprint density at radius 1 is 1.50 bits per heavy atom. The number of benzene rings is 1. The van der Waals surface area contributed by atoms with Crippen LogP contribution in [-0.2, 0) is 16.0 Å². The number of hydrogen-bond donors (Lipinski definition) is 1. The maximum atomic E-state index is 12.0. The van der Waals surface area contributed by atoms with Crippen LogP contribution in [-0.4, -0.2) is 32.3 Å². The predicted octanol–water partition coefficient (Wildman–Crippen LogP) is 2.18. The fraction of sp³-hybridized carbons (Fsp3) is 0.438. The first-order valence-electron chi connectivity index (χ1n) is 6.89. The summed E-state index contributed by atoms with van der Waals surface area (Å²) in [6.07, 6.45) is 3.90. The van der Waals surface area contributed by atoms with Crippen LogP contribution in [0.1, 0.15) is 24.0 Å². The van der Waals surface area contributed by atoms with E-state index in [-0.39, 0.29) is 11.9 Å². The molecule has 2 rings (SSSR count). The molecule has 20 heavy (non-hydrogen) atoms. The van der Waals surface area contributed by atoms with Gasteiger partial charge in [-0.2, -0.15) is 0 Å². The molecule has 4 heteroatoms. The van der Waals surface area contributed by atoms with Gasteiger partial charge in [-0.3, -0.25) is 4.79 Å². The zero-order chi connectivity index (χ0) is 14.4. The highest BCUT2D eigenvalue weighted by atomic mass is 16.5. The van der Waals surface area contributed by atoms with E-state index in [4.69, 9.17) is 9.47 Å². The number of hydrogen-bond acceptors (Lipinski definition) is 3. The lowest BCUT2D eigenvalue weighted by Crippen LogP contribution is -2.39. The molecule has 1 aliphatic heterocycles. The molecule has 0 saturated carbocycles. The highest BCUT2D eigenvalue weighted by Crippen LogP contribution is 2.21. The van der Waals surface area contributed by atoms with Crippen molar-refractivity contribution in [3.05, 3.63) is 35.9 Å². The zero-order valence-electron chi connectivity index (χ0n) is 11.9. The van der Waals surface area contributed by atoms with E-state index in [2.05, 4.69) is 11.9 Å². The van der Waals surface area contributed by atoms with Crippen molar-refractivity contribution in [1.82, 2.24) is 5.32 Å². The first kappa shape index (κ1) is 14.6. The first-order valence-corrected chi connectivity index (χ1v) is 6.89. The summed E-state index contributed by atoms with van der Waals surface area (Å²) < 4.78 is 10.5. The maximum absolute atomic E-state index is 12.0. The van der Waals surface area contributed by atoms with E-state index in [1.807, 2.05) is 18.2 Å². The largest absolute Gasteiger partial charge is 0.496 e. The molecule has 0 bridgehead atoms. The third-order valence-electron chi connectivity index (χ3n) is 3.47. The second-order valence-corrected chi connectivity index (χ2v) is 4.91. The molecule has 0 spiro atoms. The van der Waals surface area contributed by atoms with Crippen molar-refractivity contribution in [2.45, 2.75) is 25.3 Å². The normalized spacial score (nSPS) is 15.7. The van der Waals surface area contributed by atoms with Crippen molar-refractivity contribution < 1.29 is 14.3 Å². The minimum absolute atomic E-state index is 0.0529. The predicted molar refractivity (Wildman–Crippen MR) is 78.8 cm³/mol. The van der Waals surface area contributed by atoms with Crippen molar-refractivity contribution in [2.75, 3.05) is 20.3 Å². The van der Waals surface area contributed by atoms with Crippen molar-refractivity contribution in [3.8, 4) is 5.75 Å². The Bertz CT molecular complexity index is 479. The average Bonchev–Trinajstić information content (AvgIpc) is 2.48. The van der Waals surface area contributed by atoms with Crippen molar-refractivity contribution >= 4 is 12.0 Å². The minimum atomic E-state index is 0.0529. The zero-order valence-corrected chi connectivity index (χ0v) is 11.9. The van der Waals surface area contributed by atoms with Gasteiger partial charge in [0.1, 0.15) is 5.75 Å². The van der Waals surface area contributed by atoms with E-state index in [0.29, 0.717) is 6.42 Å². The summed E-state index contributed by atoms with van der Waals surface area (Å²) in [5.74, 6) is 0.825. The van der Waals surface area contributed by atoms with E-state index in [9.17, 15) is 4.79 Å². The Morgan fingerprint density at radius 3 is 2.90 bits per heavy atom. The minimum Gasteiger partial charge on any atom is -0.496 e. The molecular weight excluding hydrogens is 254 g/mol. The Labute approximate surface area is 119 Å². The molecule has 1 aromatic rings. The molecule has 1 fully saturated rings. The number of ether oxygens (including phenoxy) is 2. The van der Waals surface area contributed by atoms with Crippen molar-refractivity contribution in [2.24, 2.45) is 0 Å². The van der Waals surface area contributed by atoms with Gasteiger partial charge in [0, 0.05) is 24.8 Å². The number of carbonyl (C=O) groups is 1. The molecule has 1 heterocycles. The molecule has 1 aliphatic rings. The van der Waals surface area contributed by atoms with Crippen LogP contribution in [0.3, 0.4) is 0 Å². The second-order valence-electron chi connectivity index (χ2n) is 4.91. The molecule has 1 aromatic carbocycles. The van der Waals surface area contributed by atoms with Crippen LogP contribution in [0.15, 0.2) is 24.8 Å². The molecule has 4 nitrogen and oxygen atoms in total. The van der Waals surface area contributed by atoms with Gasteiger partial charge in [0.25, 0.3) is 0 Å². The summed E-state index contributed by atoms with van der Waals surface area (Å²) in [6.45, 7) is 5.22. The van der Waals surface area contributed by atoms with Crippen LogP contribution >= 0.6 is 0 Å². The van der Waals surface area contributed by atoms with Crippen LogP contribution < -0.4 is 10.1 Å². The summed E-state index contributed by atoms with van der Waals surface area (Å²) in [5, 5.41) is 3.06. The fourth-order valence-corrected chi connectivity index (χ4v) is 2.36. The molecule has 0 aromatic heterocycles. The highest BCUT2D eigenvalue weighted by molar-refractivity contribution is 5.79. The quantitative estimate of drug-likeness (QED) is 0.896. The van der Waals surface area contributed by atoms with Gasteiger partial charge in [0.2, 0.25) is 5.91 Å². The molecule has 0 unspecified atom stereocenters. The monoisotopic (exact) mass is 275 g/mol. The van der Waals surface area contributed by atoms with Crippen LogP contribution in [0.4, 0.5) is 0 Å². The third kappa shape index (κ3) is 3.84. The van der Waals surface area contributed by atoms with Crippen molar-refractivity contribution in [1.29, 1.82) is 0 Å². The smallest absolute Gasteiger partial charge is 0.224 e. The van der Waals surface area contributed by atoms with Gasteiger partial charge in [0.15, 0.2) is 0 Å². The first-order chi connectivity index (χ1) is 9.72. The Morgan fingerprint density at radius 2 is 2.25 bits per heavy atom. The summed E-state index contributed by atoms with van der Waals surface area (Å²) in [6, 6.07) is 5.96. The van der Waals surface area contributed by atoms with E-state index in [0.717, 1.165) is 42.9 Å². The van der Waals surface area contributed by atoms with Gasteiger partial charge in [0.05, 0.1) is 13.5 Å². The van der Waals surface area contributed by atoms with Gasteiger partial charge in [-0.1, -0.05) is 18.7 Å². The Kier molecular flexibility index (Phi) is 5.18. The molecule has 0 atom stereocenters. The van der Waals surface area contributed by atoms with Crippen LogP contribution in [0, 0.1) is 0 Å². The van der Waals surface area contributed by atoms with Crippen molar-refractivity contribution in [3.63, 3.8) is 0 Å². The van der Waals surface area contributed by atoms with E-state index < -0.39 is 0 Å². The molecule has 108 valence electrons.